The van der Waals surface area contributed by atoms with Crippen LogP contribution in [-0.4, -0.2) is 29.3 Å². The number of hydrogen-bond acceptors (Lipinski definition) is 6. The Balaban J connectivity index is 2.33. The molecule has 0 saturated heterocycles. The number of nitrogens with one attached hydrogen (secondary N) is 1. The molecule has 17 heavy (non-hydrogen) atoms. The Morgan fingerprint density at radius 3 is 2.88 bits per heavy atom. The summed E-state index contributed by atoms with van der Waals surface area (Å²) in [6.07, 6.45) is 0.839. The molecule has 6 nitrogen and oxygen atoms in total. The van der Waals surface area contributed by atoms with Gasteiger partial charge >= 0.3 is 6.09 Å². The lowest BCUT2D eigenvalue weighted by Gasteiger charge is -2.03. The maximum Gasteiger partial charge on any atom is 0.413 e. The minimum atomic E-state index is -0.728. The Kier molecular flexibility index (Phi) is 5.28. The van der Waals surface area contributed by atoms with Gasteiger partial charge in [0.25, 0.3) is 0 Å². The van der Waals surface area contributed by atoms with Crippen LogP contribution in [0.2, 0.25) is 0 Å². The Labute approximate surface area is 103 Å². The van der Waals surface area contributed by atoms with E-state index in [9.17, 15) is 9.59 Å². The van der Waals surface area contributed by atoms with Gasteiger partial charge in [-0.05, 0) is 19.1 Å². The van der Waals surface area contributed by atoms with E-state index in [-0.39, 0.29) is 12.4 Å². The molecule has 0 bridgehead atoms. The molecule has 0 aliphatic rings. The van der Waals surface area contributed by atoms with Gasteiger partial charge in [-0.2, -0.15) is 0 Å². The third-order valence-electron chi connectivity index (χ3n) is 1.65. The minimum absolute atomic E-state index is 0.115. The van der Waals surface area contributed by atoms with E-state index < -0.39 is 12.0 Å². The van der Waals surface area contributed by atoms with Gasteiger partial charge in [0.2, 0.25) is 5.91 Å². The average molecular weight is 255 g/mol. The number of anilines is 1. The van der Waals surface area contributed by atoms with E-state index in [4.69, 9.17) is 5.73 Å². The second-order valence-electron chi connectivity index (χ2n) is 2.98. The summed E-state index contributed by atoms with van der Waals surface area (Å²) in [4.78, 5) is 26.9. The summed E-state index contributed by atoms with van der Waals surface area (Å²) in [7, 11) is 0. The van der Waals surface area contributed by atoms with Crippen molar-refractivity contribution in [3.63, 3.8) is 0 Å². The van der Waals surface area contributed by atoms with Crippen LogP contribution >= 0.6 is 11.8 Å². The van der Waals surface area contributed by atoms with E-state index in [2.05, 4.69) is 15.0 Å². The standard InChI is InChI=1S/C10H13N3O3S/c1-2-16-10(15)13-9(14)6-17-7-3-4-8(11)12-5-7/h3-5H,2,6H2,1H3,(H2,11,12)(H,13,14,15). The first-order valence-corrected chi connectivity index (χ1v) is 5.91. The molecule has 0 aliphatic heterocycles. The van der Waals surface area contributed by atoms with Crippen molar-refractivity contribution < 1.29 is 14.3 Å². The zero-order chi connectivity index (χ0) is 12.7. The number of rotatable bonds is 4. The monoisotopic (exact) mass is 255 g/mol. The van der Waals surface area contributed by atoms with Crippen molar-refractivity contribution in [3.8, 4) is 0 Å². The molecule has 0 fully saturated rings. The van der Waals surface area contributed by atoms with Gasteiger partial charge < -0.3 is 10.5 Å². The topological polar surface area (TPSA) is 94.3 Å². The van der Waals surface area contributed by atoms with Crippen LogP contribution in [0.4, 0.5) is 10.6 Å². The van der Waals surface area contributed by atoms with Crippen molar-refractivity contribution in [1.82, 2.24) is 10.3 Å². The lowest BCUT2D eigenvalue weighted by atomic mass is 10.5. The molecular weight excluding hydrogens is 242 g/mol. The average Bonchev–Trinajstić information content (AvgIpc) is 2.28. The van der Waals surface area contributed by atoms with Gasteiger partial charge in [-0.1, -0.05) is 0 Å². The maximum absolute atomic E-state index is 11.3. The highest BCUT2D eigenvalue weighted by Gasteiger charge is 2.08. The Bertz CT molecular complexity index is 394. The molecule has 92 valence electrons. The largest absolute Gasteiger partial charge is 0.450 e. The van der Waals surface area contributed by atoms with Crippen LogP contribution in [0.25, 0.3) is 0 Å². The molecule has 1 heterocycles. The maximum atomic E-state index is 11.3. The number of ether oxygens (including phenoxy) is 1. The van der Waals surface area contributed by atoms with Crippen molar-refractivity contribution in [1.29, 1.82) is 0 Å². The molecule has 7 heteroatoms. The number of aromatic nitrogens is 1. The normalized spacial score (nSPS) is 9.71. The smallest absolute Gasteiger partial charge is 0.413 e. The van der Waals surface area contributed by atoms with Crippen LogP contribution in [0.3, 0.4) is 0 Å². The second-order valence-corrected chi connectivity index (χ2v) is 4.02. The first-order valence-electron chi connectivity index (χ1n) is 4.92. The van der Waals surface area contributed by atoms with E-state index in [1.54, 1.807) is 25.3 Å². The number of thioether (sulfide) groups is 1. The van der Waals surface area contributed by atoms with Crippen molar-refractivity contribution >= 4 is 29.6 Å². The van der Waals surface area contributed by atoms with Crippen LogP contribution in [0.15, 0.2) is 23.2 Å². The zero-order valence-electron chi connectivity index (χ0n) is 9.30. The van der Waals surface area contributed by atoms with Crippen LogP contribution in [0, 0.1) is 0 Å². The van der Waals surface area contributed by atoms with Crippen molar-refractivity contribution in [3.05, 3.63) is 18.3 Å². The number of pyridine rings is 1. The number of carbonyl (C=O) groups excluding carboxylic acids is 2. The number of alkyl carbamates (subject to hydrolysis) is 1. The molecule has 0 unspecified atom stereocenters. The van der Waals surface area contributed by atoms with Crippen LogP contribution in [0.5, 0.6) is 0 Å². The molecule has 0 radical (unpaired) electrons. The van der Waals surface area contributed by atoms with Gasteiger partial charge in [0.05, 0.1) is 12.4 Å². The van der Waals surface area contributed by atoms with E-state index in [1.165, 1.54) is 11.8 Å². The quantitative estimate of drug-likeness (QED) is 0.780. The van der Waals surface area contributed by atoms with Crippen LogP contribution in [-0.2, 0) is 9.53 Å². The van der Waals surface area contributed by atoms with Gasteiger partial charge in [-0.15, -0.1) is 11.8 Å². The summed E-state index contributed by atoms with van der Waals surface area (Å²) in [6.45, 7) is 1.90. The molecule has 1 aromatic rings. The number of imide groups is 1. The molecule has 0 atom stereocenters. The van der Waals surface area contributed by atoms with Gasteiger partial charge in [0.15, 0.2) is 0 Å². The number of nitrogens with zero attached hydrogens (tertiary/aromatic N) is 1. The molecule has 2 amide bonds. The van der Waals surface area contributed by atoms with Gasteiger partial charge in [-0.25, -0.2) is 9.78 Å². The molecule has 0 spiro atoms. The number of carbonyl (C=O) groups is 2. The third-order valence-corrected chi connectivity index (χ3v) is 2.63. The molecule has 0 aromatic carbocycles. The van der Waals surface area contributed by atoms with E-state index >= 15 is 0 Å². The zero-order valence-corrected chi connectivity index (χ0v) is 10.1. The summed E-state index contributed by atoms with van der Waals surface area (Å²) >= 11 is 1.26. The first-order chi connectivity index (χ1) is 8.11. The number of amides is 2. The molecule has 0 saturated carbocycles. The highest BCUT2D eigenvalue weighted by atomic mass is 32.2. The summed E-state index contributed by atoms with van der Waals surface area (Å²) < 4.78 is 4.57. The van der Waals surface area contributed by atoms with E-state index in [1.807, 2.05) is 0 Å². The van der Waals surface area contributed by atoms with E-state index in [0.29, 0.717) is 5.82 Å². The number of nitrogen functional groups attached to an aromatic ring is 1. The lowest BCUT2D eigenvalue weighted by Crippen LogP contribution is -2.32. The van der Waals surface area contributed by atoms with Crippen molar-refractivity contribution in [2.24, 2.45) is 0 Å². The Morgan fingerprint density at radius 1 is 1.53 bits per heavy atom. The molecule has 1 aromatic heterocycles. The highest BCUT2D eigenvalue weighted by Crippen LogP contribution is 2.16. The van der Waals surface area contributed by atoms with Gasteiger partial charge in [-0.3, -0.25) is 10.1 Å². The van der Waals surface area contributed by atoms with Crippen LogP contribution < -0.4 is 11.1 Å². The molecule has 1 rings (SSSR count). The molecule has 0 aliphatic carbocycles. The third kappa shape index (κ3) is 5.21. The predicted octanol–water partition coefficient (Wildman–Crippen LogP) is 1.03. The summed E-state index contributed by atoms with van der Waals surface area (Å²) in [5, 5.41) is 2.10. The first kappa shape index (κ1) is 13.3. The van der Waals surface area contributed by atoms with Crippen molar-refractivity contribution in [2.75, 3.05) is 18.1 Å². The highest BCUT2D eigenvalue weighted by molar-refractivity contribution is 8.00. The second kappa shape index (κ2) is 6.74. The van der Waals surface area contributed by atoms with Gasteiger partial charge in [0, 0.05) is 11.1 Å². The fourth-order valence-electron chi connectivity index (χ4n) is 0.943. The SMILES string of the molecule is CCOC(=O)NC(=O)CSc1ccc(N)nc1. The summed E-state index contributed by atoms with van der Waals surface area (Å²) in [6, 6.07) is 3.40. The molecular formula is C10H13N3O3S. The fourth-order valence-corrected chi connectivity index (χ4v) is 1.60. The Morgan fingerprint density at radius 2 is 2.29 bits per heavy atom. The molecule has 3 N–H and O–H groups in total. The summed E-state index contributed by atoms with van der Waals surface area (Å²) in [5.74, 6) is 0.125. The van der Waals surface area contributed by atoms with Crippen LogP contribution in [0.1, 0.15) is 6.92 Å². The number of hydrogen-bond donors (Lipinski definition) is 2. The van der Waals surface area contributed by atoms with E-state index in [0.717, 1.165) is 4.90 Å². The van der Waals surface area contributed by atoms with Crippen molar-refractivity contribution in [2.45, 2.75) is 11.8 Å². The van der Waals surface area contributed by atoms with Gasteiger partial charge in [0.1, 0.15) is 5.82 Å². The fraction of sp³-hybridized carbons (Fsp3) is 0.300. The number of nitrogens with two attached hydrogens (primary N) is 1. The summed E-state index contributed by atoms with van der Waals surface area (Å²) in [5.41, 5.74) is 5.42. The lowest BCUT2D eigenvalue weighted by molar-refractivity contribution is -0.117. The predicted molar refractivity (Wildman–Crippen MR) is 64.5 cm³/mol. The minimum Gasteiger partial charge on any atom is -0.450 e. The Hall–Kier alpha value is -1.76.